The van der Waals surface area contributed by atoms with E-state index in [-0.39, 0.29) is 32.5 Å². The van der Waals surface area contributed by atoms with E-state index >= 15 is 0 Å². The van der Waals surface area contributed by atoms with Crippen LogP contribution in [0.5, 0.6) is 0 Å². The molecule has 2 heterocycles. The zero-order valence-electron chi connectivity index (χ0n) is 51.6. The highest BCUT2D eigenvalue weighted by Gasteiger charge is 2.35. The Morgan fingerprint density at radius 1 is 0.300 bits per heavy atom. The van der Waals surface area contributed by atoms with E-state index in [1.54, 1.807) is 0 Å². The molecule has 80 heavy (non-hydrogen) atoms. The van der Waals surface area contributed by atoms with Crippen molar-refractivity contribution < 1.29 is 8.83 Å². The fourth-order valence-corrected chi connectivity index (χ4v) is 12.2. The van der Waals surface area contributed by atoms with Gasteiger partial charge in [-0.25, -0.2) is 0 Å². The van der Waals surface area contributed by atoms with Gasteiger partial charge in [0.05, 0.1) is 0 Å². The number of aryl methyl sites for hydroxylation is 2. The topological polar surface area (TPSA) is 32.8 Å². The van der Waals surface area contributed by atoms with Crippen LogP contribution >= 0.6 is 0 Å². The molecule has 0 atom stereocenters. The van der Waals surface area contributed by atoms with Gasteiger partial charge in [0, 0.05) is 66.8 Å². The number of fused-ring (bicyclic) bond motifs is 8. The maximum atomic E-state index is 7.40. The van der Waals surface area contributed by atoms with Gasteiger partial charge < -0.3 is 18.6 Å². The highest BCUT2D eigenvalue weighted by atomic mass is 16.3. The predicted molar refractivity (Wildman–Crippen MR) is 347 cm³/mol. The van der Waals surface area contributed by atoms with Crippen LogP contribution in [0.4, 0.5) is 34.1 Å². The van der Waals surface area contributed by atoms with Crippen LogP contribution < -0.4 is 9.80 Å². The maximum Gasteiger partial charge on any atom is 0.140 e. The number of rotatable bonds is 6. The average molecular weight is 1060 g/mol. The average Bonchev–Trinajstić information content (AvgIpc) is 4.03. The Kier molecular flexibility index (Phi) is 12.7. The molecule has 2 aromatic heterocycles. The lowest BCUT2D eigenvalue weighted by molar-refractivity contribution is 0.564. The molecule has 0 unspecified atom stereocenters. The van der Waals surface area contributed by atoms with Gasteiger partial charge in [0.25, 0.3) is 0 Å². The van der Waals surface area contributed by atoms with Gasteiger partial charge in [-0.05, 0) is 186 Å². The molecule has 0 aliphatic carbocycles. The first kappa shape index (κ1) is 54.6. The van der Waals surface area contributed by atoms with Crippen molar-refractivity contribution in [2.45, 2.75) is 171 Å². The molecule has 0 N–H and O–H groups in total. The minimum Gasteiger partial charge on any atom is -0.456 e. The van der Waals surface area contributed by atoms with Crippen molar-refractivity contribution in [1.82, 2.24) is 0 Å². The molecule has 0 radical (unpaired) electrons. The molecule has 0 spiro atoms. The van der Waals surface area contributed by atoms with Crippen LogP contribution in [0.1, 0.15) is 169 Å². The molecular weight excluding hydrogens is 973 g/mol. The van der Waals surface area contributed by atoms with Gasteiger partial charge in [0.15, 0.2) is 0 Å². The van der Waals surface area contributed by atoms with Crippen molar-refractivity contribution in [1.29, 1.82) is 0 Å². The molecule has 0 bridgehead atoms. The largest absolute Gasteiger partial charge is 0.456 e. The number of hydrogen-bond donors (Lipinski definition) is 0. The van der Waals surface area contributed by atoms with E-state index in [0.717, 1.165) is 88.2 Å². The van der Waals surface area contributed by atoms with Crippen LogP contribution in [0, 0.1) is 13.8 Å². The van der Waals surface area contributed by atoms with Crippen LogP contribution in [-0.4, -0.2) is 0 Å². The standard InChI is InChI=1S/C76H84N2O2/c1-45-27-31-53(73(9,10)11)43-61(45)77(55-25-21-23-51(41-55)71(3,4)5)57-33-29-47-37-59-63(39-49(47)35-57)79-69-65(59)67(75(15,16)17)70-66(68(69)76(18,19)20)60-38-48-30-34-58(36-50(48)40-64(60)80-70)78(56-26-22-24-52(42-56)72(6,7)8)62-44-54(74(12,13)14)32-28-46(62)2/h21-44H,1-20H3. The molecule has 4 heteroatoms. The highest BCUT2D eigenvalue weighted by Crippen LogP contribution is 2.52. The zero-order valence-corrected chi connectivity index (χ0v) is 51.6. The van der Waals surface area contributed by atoms with Crippen LogP contribution in [-0.2, 0) is 32.5 Å². The van der Waals surface area contributed by atoms with Crippen molar-refractivity contribution >= 4 is 99.5 Å². The van der Waals surface area contributed by atoms with Gasteiger partial charge >= 0.3 is 0 Å². The smallest absolute Gasteiger partial charge is 0.140 e. The van der Waals surface area contributed by atoms with Crippen molar-refractivity contribution in [3.8, 4) is 0 Å². The second kappa shape index (κ2) is 18.6. The molecule has 0 amide bonds. The number of benzene rings is 9. The van der Waals surface area contributed by atoms with E-state index in [0.29, 0.717) is 0 Å². The molecule has 0 aliphatic heterocycles. The Balaban J connectivity index is 1.12. The van der Waals surface area contributed by atoms with Crippen molar-refractivity contribution in [3.63, 3.8) is 0 Å². The summed E-state index contributed by atoms with van der Waals surface area (Å²) in [5.74, 6) is 0. The molecule has 11 rings (SSSR count). The normalized spacial score (nSPS) is 13.2. The third-order valence-corrected chi connectivity index (χ3v) is 16.8. The van der Waals surface area contributed by atoms with E-state index in [1.165, 1.54) is 55.9 Å². The molecule has 4 nitrogen and oxygen atoms in total. The van der Waals surface area contributed by atoms with Crippen LogP contribution in [0.2, 0.25) is 0 Å². The maximum absolute atomic E-state index is 7.40. The van der Waals surface area contributed by atoms with Crippen LogP contribution in [0.3, 0.4) is 0 Å². The molecule has 9 aromatic carbocycles. The summed E-state index contributed by atoms with van der Waals surface area (Å²) in [7, 11) is 0. The summed E-state index contributed by atoms with van der Waals surface area (Å²) in [6, 6.07) is 55.3. The first-order chi connectivity index (χ1) is 37.3. The summed E-state index contributed by atoms with van der Waals surface area (Å²) in [5, 5.41) is 9.07. The van der Waals surface area contributed by atoms with Gasteiger partial charge in [-0.2, -0.15) is 0 Å². The molecule has 0 fully saturated rings. The lowest BCUT2D eigenvalue weighted by atomic mass is 9.77. The number of nitrogens with zero attached hydrogens (tertiary/aromatic N) is 2. The second-order valence-electron chi connectivity index (χ2n) is 29.4. The SMILES string of the molecule is Cc1ccc(C(C)(C)C)cc1N(c1cccc(C(C)(C)C)c1)c1ccc2cc3c(cc2c1)oc1c(C(C)(C)C)c2c(oc4cc5cc(N(c6cccc(C(C)(C)C)c6)c6cc(C(C)(C)C)ccc6C)ccc5cc42)c(C(C)(C)C)c13. The summed E-state index contributed by atoms with van der Waals surface area (Å²) in [5.41, 5.74) is 19.9. The monoisotopic (exact) mass is 1060 g/mol. The van der Waals surface area contributed by atoms with Crippen LogP contribution in [0.25, 0.3) is 65.4 Å². The quantitative estimate of drug-likeness (QED) is 0.166. The molecule has 11 aromatic rings. The van der Waals surface area contributed by atoms with Gasteiger partial charge in [-0.1, -0.05) is 185 Å². The van der Waals surface area contributed by atoms with E-state index in [1.807, 2.05) is 0 Å². The van der Waals surface area contributed by atoms with Gasteiger partial charge in [0.1, 0.15) is 22.3 Å². The molecule has 0 aliphatic rings. The molecule has 0 saturated carbocycles. The Labute approximate surface area is 476 Å². The van der Waals surface area contributed by atoms with Crippen molar-refractivity contribution in [3.05, 3.63) is 190 Å². The van der Waals surface area contributed by atoms with Gasteiger partial charge in [-0.15, -0.1) is 0 Å². The lowest BCUT2D eigenvalue weighted by Crippen LogP contribution is -2.17. The third-order valence-electron chi connectivity index (χ3n) is 16.8. The number of furan rings is 2. The minimum atomic E-state index is -0.300. The Hall–Kier alpha value is -7.30. The fourth-order valence-electron chi connectivity index (χ4n) is 12.2. The molecule has 410 valence electrons. The first-order valence-corrected chi connectivity index (χ1v) is 29.1. The summed E-state index contributed by atoms with van der Waals surface area (Å²) >= 11 is 0. The minimum absolute atomic E-state index is 0.00895. The first-order valence-electron chi connectivity index (χ1n) is 29.1. The van der Waals surface area contributed by atoms with Crippen molar-refractivity contribution in [2.75, 3.05) is 9.80 Å². The van der Waals surface area contributed by atoms with E-state index < -0.39 is 0 Å². The van der Waals surface area contributed by atoms with E-state index in [2.05, 4.69) is 294 Å². The Morgan fingerprint density at radius 3 is 0.975 bits per heavy atom. The van der Waals surface area contributed by atoms with Gasteiger partial charge in [-0.3, -0.25) is 0 Å². The summed E-state index contributed by atoms with van der Waals surface area (Å²) in [6.07, 6.45) is 0. The summed E-state index contributed by atoms with van der Waals surface area (Å²) in [6.45, 7) is 45.9. The van der Waals surface area contributed by atoms with Crippen LogP contribution in [0.15, 0.2) is 154 Å². The van der Waals surface area contributed by atoms with E-state index in [9.17, 15) is 0 Å². The van der Waals surface area contributed by atoms with Gasteiger partial charge in [0.2, 0.25) is 0 Å². The summed E-state index contributed by atoms with van der Waals surface area (Å²) in [4.78, 5) is 4.91. The molecule has 0 saturated heterocycles. The second-order valence-corrected chi connectivity index (χ2v) is 29.4. The third kappa shape index (κ3) is 9.65. The number of anilines is 6. The fraction of sp³-hybridized carbons (Fsp3) is 0.342. The summed E-state index contributed by atoms with van der Waals surface area (Å²) < 4.78 is 14.8. The Morgan fingerprint density at radius 2 is 0.637 bits per heavy atom. The number of hydrogen-bond acceptors (Lipinski definition) is 4. The zero-order chi connectivity index (χ0) is 57.6. The highest BCUT2D eigenvalue weighted by molar-refractivity contribution is 6.23. The Bertz CT molecular complexity index is 3990. The lowest BCUT2D eigenvalue weighted by Gasteiger charge is -2.31. The molecular formula is C76H84N2O2. The van der Waals surface area contributed by atoms with E-state index in [4.69, 9.17) is 8.83 Å². The predicted octanol–water partition coefficient (Wildman–Crippen LogP) is 23.1. The van der Waals surface area contributed by atoms with Crippen molar-refractivity contribution in [2.24, 2.45) is 0 Å².